The van der Waals surface area contributed by atoms with Crippen molar-refractivity contribution < 1.29 is 19.1 Å². The number of carbonyl (C=O) groups excluding carboxylic acids is 3. The van der Waals surface area contributed by atoms with E-state index in [1.54, 1.807) is 49.3 Å². The number of hydrogen-bond donors (Lipinski definition) is 3. The van der Waals surface area contributed by atoms with E-state index in [1.807, 2.05) is 12.1 Å². The molecule has 9 heteroatoms. The van der Waals surface area contributed by atoms with Gasteiger partial charge in [0.15, 0.2) is 0 Å². The predicted octanol–water partition coefficient (Wildman–Crippen LogP) is 3.66. The Hall–Kier alpha value is -3.26. The molecule has 1 heterocycles. The van der Waals surface area contributed by atoms with Crippen LogP contribution in [0.4, 0.5) is 16.2 Å². The highest BCUT2D eigenvalue weighted by Gasteiger charge is 2.24. The zero-order valence-corrected chi connectivity index (χ0v) is 18.9. The largest absolute Gasteiger partial charge is 0.495 e. The van der Waals surface area contributed by atoms with Crippen LogP contribution >= 0.6 is 11.6 Å². The number of para-hydroxylation sites is 2. The van der Waals surface area contributed by atoms with Crippen LogP contribution in [-0.2, 0) is 9.59 Å². The molecular weight excluding hydrogens is 432 g/mol. The lowest BCUT2D eigenvalue weighted by Gasteiger charge is -2.32. The van der Waals surface area contributed by atoms with Gasteiger partial charge < -0.3 is 25.6 Å². The van der Waals surface area contributed by atoms with Crippen LogP contribution in [0.15, 0.2) is 42.5 Å². The Balaban J connectivity index is 1.42. The van der Waals surface area contributed by atoms with Crippen LogP contribution in [0.1, 0.15) is 18.4 Å². The molecule has 0 bridgehead atoms. The van der Waals surface area contributed by atoms with Crippen molar-refractivity contribution in [3.63, 3.8) is 0 Å². The Morgan fingerprint density at radius 2 is 1.69 bits per heavy atom. The number of amides is 4. The molecule has 0 aliphatic carbocycles. The summed E-state index contributed by atoms with van der Waals surface area (Å²) in [6, 6.07) is 12.2. The molecule has 32 heavy (non-hydrogen) atoms. The number of methoxy groups -OCH3 is 1. The van der Waals surface area contributed by atoms with Gasteiger partial charge in [-0.3, -0.25) is 9.59 Å². The standard InChI is InChI=1S/C23H27ClN4O4/c1-15-17(24)6-5-8-18(15)26-22(30)21(29)25-14-16-10-12-28(13-11-16)23(31)27-19-7-3-4-9-20(19)32-2/h3-9,16H,10-14H2,1-2H3,(H,25,29)(H,26,30)(H,27,31). The minimum absolute atomic E-state index is 0.187. The highest BCUT2D eigenvalue weighted by molar-refractivity contribution is 6.40. The highest BCUT2D eigenvalue weighted by Crippen LogP contribution is 2.25. The zero-order chi connectivity index (χ0) is 23.1. The first-order chi connectivity index (χ1) is 15.4. The Labute approximate surface area is 192 Å². The van der Waals surface area contributed by atoms with Gasteiger partial charge in [-0.25, -0.2) is 4.79 Å². The van der Waals surface area contributed by atoms with Gasteiger partial charge in [0.2, 0.25) is 0 Å². The van der Waals surface area contributed by atoms with Crippen molar-refractivity contribution in [2.24, 2.45) is 5.92 Å². The average molecular weight is 459 g/mol. The predicted molar refractivity (Wildman–Crippen MR) is 124 cm³/mol. The Morgan fingerprint density at radius 1 is 1.00 bits per heavy atom. The lowest BCUT2D eigenvalue weighted by Crippen LogP contribution is -2.44. The number of piperidine rings is 1. The van der Waals surface area contributed by atoms with Gasteiger partial charge in [0.25, 0.3) is 0 Å². The summed E-state index contributed by atoms with van der Waals surface area (Å²) in [5, 5.41) is 8.66. The molecule has 3 N–H and O–H groups in total. The number of carbonyl (C=O) groups is 3. The molecule has 1 fully saturated rings. The summed E-state index contributed by atoms with van der Waals surface area (Å²) in [7, 11) is 1.56. The molecule has 0 aromatic heterocycles. The molecule has 2 aromatic carbocycles. The molecule has 0 spiro atoms. The van der Waals surface area contributed by atoms with E-state index in [-0.39, 0.29) is 11.9 Å². The number of likely N-dealkylation sites (tertiary alicyclic amines) is 1. The van der Waals surface area contributed by atoms with Crippen molar-refractivity contribution in [1.82, 2.24) is 10.2 Å². The molecule has 4 amide bonds. The topological polar surface area (TPSA) is 99.8 Å². The second-order valence-electron chi connectivity index (χ2n) is 7.64. The van der Waals surface area contributed by atoms with Crippen molar-refractivity contribution >= 4 is 40.8 Å². The van der Waals surface area contributed by atoms with E-state index >= 15 is 0 Å². The van der Waals surface area contributed by atoms with E-state index in [0.717, 1.165) is 12.8 Å². The normalized spacial score (nSPS) is 13.9. The van der Waals surface area contributed by atoms with Gasteiger partial charge in [-0.05, 0) is 55.5 Å². The number of benzene rings is 2. The maximum absolute atomic E-state index is 12.5. The molecule has 3 rings (SSSR count). The van der Waals surface area contributed by atoms with E-state index in [4.69, 9.17) is 16.3 Å². The van der Waals surface area contributed by atoms with Gasteiger partial charge >= 0.3 is 17.8 Å². The summed E-state index contributed by atoms with van der Waals surface area (Å²) >= 11 is 6.04. The van der Waals surface area contributed by atoms with E-state index in [1.165, 1.54) is 0 Å². The summed E-state index contributed by atoms with van der Waals surface area (Å²) in [6.07, 6.45) is 1.46. The van der Waals surface area contributed by atoms with Crippen LogP contribution < -0.4 is 20.7 Å². The third kappa shape index (κ3) is 5.91. The van der Waals surface area contributed by atoms with Gasteiger partial charge in [-0.1, -0.05) is 29.8 Å². The lowest BCUT2D eigenvalue weighted by atomic mass is 9.97. The number of ether oxygens (including phenoxy) is 1. The zero-order valence-electron chi connectivity index (χ0n) is 18.1. The quantitative estimate of drug-likeness (QED) is 0.595. The maximum atomic E-state index is 12.5. The second kappa shape index (κ2) is 10.9. The number of urea groups is 1. The number of rotatable bonds is 5. The monoisotopic (exact) mass is 458 g/mol. The van der Waals surface area contributed by atoms with Crippen LogP contribution in [0.3, 0.4) is 0 Å². The van der Waals surface area contributed by atoms with Crippen molar-refractivity contribution in [2.75, 3.05) is 37.4 Å². The molecule has 0 saturated carbocycles. The number of nitrogens with one attached hydrogen (secondary N) is 3. The average Bonchev–Trinajstić information content (AvgIpc) is 2.81. The SMILES string of the molecule is COc1ccccc1NC(=O)N1CCC(CNC(=O)C(=O)Nc2cccc(Cl)c2C)CC1. The number of halogens is 1. The molecule has 1 saturated heterocycles. The Bertz CT molecular complexity index is 990. The molecular formula is C23H27ClN4O4. The van der Waals surface area contributed by atoms with Crippen molar-refractivity contribution in [3.8, 4) is 5.75 Å². The fourth-order valence-corrected chi connectivity index (χ4v) is 3.70. The molecule has 0 atom stereocenters. The van der Waals surface area contributed by atoms with E-state index in [9.17, 15) is 14.4 Å². The Morgan fingerprint density at radius 3 is 2.41 bits per heavy atom. The van der Waals surface area contributed by atoms with Gasteiger partial charge in [0.1, 0.15) is 5.75 Å². The van der Waals surface area contributed by atoms with E-state index in [0.29, 0.717) is 47.3 Å². The third-order valence-corrected chi connectivity index (χ3v) is 5.93. The van der Waals surface area contributed by atoms with E-state index in [2.05, 4.69) is 16.0 Å². The third-order valence-electron chi connectivity index (χ3n) is 5.52. The highest BCUT2D eigenvalue weighted by atomic mass is 35.5. The summed E-state index contributed by atoms with van der Waals surface area (Å²) in [5.74, 6) is -0.635. The smallest absolute Gasteiger partial charge is 0.321 e. The maximum Gasteiger partial charge on any atom is 0.321 e. The molecule has 8 nitrogen and oxygen atoms in total. The molecule has 0 unspecified atom stereocenters. The van der Waals surface area contributed by atoms with Crippen LogP contribution in [0.25, 0.3) is 0 Å². The van der Waals surface area contributed by atoms with Crippen LogP contribution in [0.2, 0.25) is 5.02 Å². The fraction of sp³-hybridized carbons (Fsp3) is 0.348. The first-order valence-corrected chi connectivity index (χ1v) is 10.8. The number of hydrogen-bond acceptors (Lipinski definition) is 4. The molecule has 2 aromatic rings. The minimum Gasteiger partial charge on any atom is -0.495 e. The summed E-state index contributed by atoms with van der Waals surface area (Å²) in [5.41, 5.74) is 1.83. The van der Waals surface area contributed by atoms with Crippen LogP contribution in [-0.4, -0.2) is 49.5 Å². The van der Waals surface area contributed by atoms with Gasteiger partial charge in [0.05, 0.1) is 12.8 Å². The minimum atomic E-state index is -0.732. The molecule has 0 radical (unpaired) electrons. The lowest BCUT2D eigenvalue weighted by molar-refractivity contribution is -0.136. The van der Waals surface area contributed by atoms with Gasteiger partial charge in [0, 0.05) is 30.3 Å². The molecule has 1 aliphatic heterocycles. The summed E-state index contributed by atoms with van der Waals surface area (Å²) in [6.45, 7) is 3.28. The van der Waals surface area contributed by atoms with Crippen LogP contribution in [0, 0.1) is 12.8 Å². The van der Waals surface area contributed by atoms with Crippen molar-refractivity contribution in [3.05, 3.63) is 53.1 Å². The second-order valence-corrected chi connectivity index (χ2v) is 8.04. The summed E-state index contributed by atoms with van der Waals surface area (Å²) < 4.78 is 5.26. The van der Waals surface area contributed by atoms with Gasteiger partial charge in [-0.2, -0.15) is 0 Å². The fourth-order valence-electron chi connectivity index (χ4n) is 3.52. The van der Waals surface area contributed by atoms with E-state index < -0.39 is 11.8 Å². The number of anilines is 2. The van der Waals surface area contributed by atoms with Crippen LogP contribution in [0.5, 0.6) is 5.75 Å². The molecule has 170 valence electrons. The van der Waals surface area contributed by atoms with Gasteiger partial charge in [-0.15, -0.1) is 0 Å². The molecule has 1 aliphatic rings. The summed E-state index contributed by atoms with van der Waals surface area (Å²) in [4.78, 5) is 38.6. The first-order valence-electron chi connectivity index (χ1n) is 10.4. The van der Waals surface area contributed by atoms with Crippen molar-refractivity contribution in [1.29, 1.82) is 0 Å². The number of nitrogens with zero attached hydrogens (tertiary/aromatic N) is 1. The van der Waals surface area contributed by atoms with Crippen molar-refractivity contribution in [2.45, 2.75) is 19.8 Å². The Kier molecular flexibility index (Phi) is 7.94. The first kappa shape index (κ1) is 23.4.